The predicted molar refractivity (Wildman–Crippen MR) is 42.4 cm³/mol. The topological polar surface area (TPSA) is 105 Å². The van der Waals surface area contributed by atoms with Gasteiger partial charge in [-0.15, -0.1) is 0 Å². The van der Waals surface area contributed by atoms with Crippen molar-refractivity contribution in [1.29, 1.82) is 5.41 Å². The van der Waals surface area contributed by atoms with Gasteiger partial charge in [0.1, 0.15) is 5.84 Å². The van der Waals surface area contributed by atoms with E-state index in [1.807, 2.05) is 0 Å². The lowest BCUT2D eigenvalue weighted by molar-refractivity contribution is 0.186. The van der Waals surface area contributed by atoms with Crippen LogP contribution in [-0.4, -0.2) is 28.3 Å². The highest BCUT2D eigenvalue weighted by Gasteiger charge is 2.19. The Hall–Kier alpha value is -1.30. The minimum Gasteiger partial charge on any atom is -0.465 e. The highest BCUT2D eigenvalue weighted by Crippen LogP contribution is 2.01. The Morgan fingerprint density at radius 3 is 2.25 bits per heavy atom. The molecule has 1 unspecified atom stereocenters. The number of rotatable bonds is 3. The fourth-order valence-electron chi connectivity index (χ4n) is 0.775. The molecule has 0 aliphatic carbocycles. The number of amidine groups is 1. The smallest absolute Gasteiger partial charge is 0.405 e. The number of amides is 1. The van der Waals surface area contributed by atoms with E-state index < -0.39 is 12.1 Å². The molecular formula is C6H13N3O3. The van der Waals surface area contributed by atoms with Gasteiger partial charge in [0.05, 0.1) is 6.04 Å². The second kappa shape index (κ2) is 4.55. The fourth-order valence-corrected chi connectivity index (χ4v) is 0.775. The molecule has 0 heterocycles. The van der Waals surface area contributed by atoms with E-state index in [-0.39, 0.29) is 11.8 Å². The highest BCUT2D eigenvalue weighted by molar-refractivity contribution is 5.86. The lowest BCUT2D eigenvalue weighted by Gasteiger charge is -2.20. The van der Waals surface area contributed by atoms with E-state index in [2.05, 4.69) is 5.32 Å². The number of nitrogens with one attached hydrogen (secondary N) is 3. The van der Waals surface area contributed by atoms with Crippen LogP contribution in [0.4, 0.5) is 4.79 Å². The number of hydroxylamine groups is 1. The molecule has 0 saturated heterocycles. The van der Waals surface area contributed by atoms with Crippen LogP contribution in [0.5, 0.6) is 0 Å². The number of hydrogen-bond donors (Lipinski definition) is 5. The third-order valence-corrected chi connectivity index (χ3v) is 1.38. The molecule has 70 valence electrons. The third kappa shape index (κ3) is 3.20. The van der Waals surface area contributed by atoms with Crippen molar-refractivity contribution < 1.29 is 15.1 Å². The molecule has 0 aromatic rings. The molecule has 0 fully saturated rings. The molecule has 0 aromatic heterocycles. The van der Waals surface area contributed by atoms with E-state index in [1.165, 1.54) is 0 Å². The summed E-state index contributed by atoms with van der Waals surface area (Å²) in [5.41, 5.74) is 1.61. The van der Waals surface area contributed by atoms with E-state index in [9.17, 15) is 4.79 Å². The molecule has 0 bridgehead atoms. The van der Waals surface area contributed by atoms with Crippen LogP contribution in [0.15, 0.2) is 0 Å². The standard InChI is InChI=1S/C6H13N3O3/c1-3(2)4(5(7)9-12)8-6(10)11/h3-4,8,12H,1-2H3,(H2,7,9)(H,10,11). The molecule has 1 amide bonds. The third-order valence-electron chi connectivity index (χ3n) is 1.38. The molecule has 6 nitrogen and oxygen atoms in total. The Labute approximate surface area is 70.1 Å². The van der Waals surface area contributed by atoms with Crippen LogP contribution in [0.3, 0.4) is 0 Å². The normalized spacial score (nSPS) is 12.3. The Kier molecular flexibility index (Phi) is 4.06. The summed E-state index contributed by atoms with van der Waals surface area (Å²) in [6.07, 6.45) is -1.21. The summed E-state index contributed by atoms with van der Waals surface area (Å²) in [4.78, 5) is 10.2. The molecule has 0 rings (SSSR count). The van der Waals surface area contributed by atoms with Crippen molar-refractivity contribution in [1.82, 2.24) is 10.8 Å². The zero-order chi connectivity index (χ0) is 9.72. The van der Waals surface area contributed by atoms with Crippen molar-refractivity contribution in [3.8, 4) is 0 Å². The quantitative estimate of drug-likeness (QED) is 0.240. The summed E-state index contributed by atoms with van der Waals surface area (Å²) in [6, 6.07) is -0.701. The van der Waals surface area contributed by atoms with Gasteiger partial charge in [0, 0.05) is 0 Å². The van der Waals surface area contributed by atoms with Gasteiger partial charge < -0.3 is 10.4 Å². The number of hydrogen-bond acceptors (Lipinski definition) is 3. The Morgan fingerprint density at radius 1 is 1.50 bits per heavy atom. The van der Waals surface area contributed by atoms with E-state index in [1.54, 1.807) is 19.3 Å². The molecule has 12 heavy (non-hydrogen) atoms. The Morgan fingerprint density at radius 2 is 2.00 bits per heavy atom. The highest BCUT2D eigenvalue weighted by atomic mass is 16.5. The monoisotopic (exact) mass is 175 g/mol. The van der Waals surface area contributed by atoms with Crippen molar-refractivity contribution in [3.05, 3.63) is 0 Å². The van der Waals surface area contributed by atoms with Crippen LogP contribution in [-0.2, 0) is 0 Å². The molecule has 0 radical (unpaired) electrons. The summed E-state index contributed by atoms with van der Waals surface area (Å²) >= 11 is 0. The molecule has 0 saturated carbocycles. The van der Waals surface area contributed by atoms with E-state index in [4.69, 9.17) is 15.7 Å². The molecule has 0 aliphatic rings. The van der Waals surface area contributed by atoms with Gasteiger partial charge >= 0.3 is 6.09 Å². The van der Waals surface area contributed by atoms with E-state index in [0.29, 0.717) is 0 Å². The van der Waals surface area contributed by atoms with Crippen LogP contribution in [0.25, 0.3) is 0 Å². The first-order valence-corrected chi connectivity index (χ1v) is 3.47. The van der Waals surface area contributed by atoms with Gasteiger partial charge in [-0.05, 0) is 5.92 Å². The van der Waals surface area contributed by atoms with Crippen LogP contribution in [0.2, 0.25) is 0 Å². The second-order valence-corrected chi connectivity index (χ2v) is 2.70. The number of carbonyl (C=O) groups is 1. The zero-order valence-corrected chi connectivity index (χ0v) is 6.96. The van der Waals surface area contributed by atoms with Crippen LogP contribution in [0, 0.1) is 11.3 Å². The SMILES string of the molecule is CC(C)C(NC(=O)O)C(=N)NO. The first-order valence-electron chi connectivity index (χ1n) is 3.47. The summed E-state index contributed by atoms with van der Waals surface area (Å²) in [7, 11) is 0. The Balaban J connectivity index is 4.23. The van der Waals surface area contributed by atoms with Crippen molar-refractivity contribution in [2.45, 2.75) is 19.9 Å². The summed E-state index contributed by atoms with van der Waals surface area (Å²) < 4.78 is 0. The van der Waals surface area contributed by atoms with E-state index >= 15 is 0 Å². The van der Waals surface area contributed by atoms with Gasteiger partial charge in [0.25, 0.3) is 0 Å². The maximum absolute atomic E-state index is 10.2. The van der Waals surface area contributed by atoms with Gasteiger partial charge in [-0.1, -0.05) is 13.8 Å². The molecule has 0 aliphatic heterocycles. The second-order valence-electron chi connectivity index (χ2n) is 2.70. The molecule has 0 spiro atoms. The fraction of sp³-hybridized carbons (Fsp3) is 0.667. The van der Waals surface area contributed by atoms with Crippen LogP contribution >= 0.6 is 0 Å². The number of carboxylic acid groups (broad SMARTS) is 1. The average Bonchev–Trinajstić information content (AvgIpc) is 1.98. The van der Waals surface area contributed by atoms with Gasteiger partial charge in [0.2, 0.25) is 0 Å². The average molecular weight is 175 g/mol. The zero-order valence-electron chi connectivity index (χ0n) is 6.96. The summed E-state index contributed by atoms with van der Waals surface area (Å²) in [5.74, 6) is -0.347. The lowest BCUT2D eigenvalue weighted by Crippen LogP contribution is -2.48. The van der Waals surface area contributed by atoms with Crippen molar-refractivity contribution in [3.63, 3.8) is 0 Å². The summed E-state index contributed by atoms with van der Waals surface area (Å²) in [5, 5.41) is 26.0. The first-order chi connectivity index (χ1) is 5.49. The van der Waals surface area contributed by atoms with Gasteiger partial charge in [0.15, 0.2) is 0 Å². The lowest BCUT2D eigenvalue weighted by atomic mass is 10.0. The molecule has 5 N–H and O–H groups in total. The molecule has 0 aromatic carbocycles. The maximum atomic E-state index is 10.2. The van der Waals surface area contributed by atoms with Crippen LogP contribution < -0.4 is 10.8 Å². The predicted octanol–water partition coefficient (Wildman–Crippen LogP) is 0.235. The Bertz CT molecular complexity index is 181. The summed E-state index contributed by atoms with van der Waals surface area (Å²) in [6.45, 7) is 3.49. The minimum absolute atomic E-state index is 0.0896. The van der Waals surface area contributed by atoms with E-state index in [0.717, 1.165) is 0 Å². The maximum Gasteiger partial charge on any atom is 0.405 e. The minimum atomic E-state index is -1.21. The van der Waals surface area contributed by atoms with Crippen molar-refractivity contribution in [2.75, 3.05) is 0 Å². The van der Waals surface area contributed by atoms with Gasteiger partial charge in [-0.3, -0.25) is 16.1 Å². The van der Waals surface area contributed by atoms with Crippen LogP contribution in [0.1, 0.15) is 13.8 Å². The van der Waals surface area contributed by atoms with Gasteiger partial charge in [-0.25, -0.2) is 4.79 Å². The van der Waals surface area contributed by atoms with Crippen molar-refractivity contribution in [2.24, 2.45) is 5.92 Å². The molecular weight excluding hydrogens is 162 g/mol. The molecule has 6 heteroatoms. The molecule has 1 atom stereocenters. The van der Waals surface area contributed by atoms with Gasteiger partial charge in [-0.2, -0.15) is 0 Å². The first kappa shape index (κ1) is 10.7. The van der Waals surface area contributed by atoms with Crippen molar-refractivity contribution >= 4 is 11.9 Å². The largest absolute Gasteiger partial charge is 0.465 e.